The molecule has 1 amide bonds. The lowest BCUT2D eigenvalue weighted by Crippen LogP contribution is -2.48. The number of hydrogen-bond acceptors (Lipinski definition) is 5. The summed E-state index contributed by atoms with van der Waals surface area (Å²) in [4.78, 5) is 24.4. The van der Waals surface area contributed by atoms with Crippen molar-refractivity contribution in [2.45, 2.75) is 38.3 Å². The summed E-state index contributed by atoms with van der Waals surface area (Å²) in [5, 5.41) is 3.95. The molecule has 6 heteroatoms. The second kappa shape index (κ2) is 9.83. The van der Waals surface area contributed by atoms with Crippen molar-refractivity contribution in [3.05, 3.63) is 52.5 Å². The first-order valence-electron chi connectivity index (χ1n) is 10.8. The largest absolute Gasteiger partial charge is 0.334 e. The second-order valence-corrected chi connectivity index (χ2v) is 9.35. The molecule has 29 heavy (non-hydrogen) atoms. The molecule has 0 bridgehead atoms. The highest BCUT2D eigenvalue weighted by Gasteiger charge is 2.29. The second-order valence-electron chi connectivity index (χ2n) is 8.57. The highest BCUT2D eigenvalue weighted by Crippen LogP contribution is 2.25. The molecule has 0 unspecified atom stereocenters. The minimum absolute atomic E-state index is 0.154. The van der Waals surface area contributed by atoms with E-state index in [0.717, 1.165) is 23.7 Å². The quantitative estimate of drug-likeness (QED) is 0.727. The molecule has 0 atom stereocenters. The van der Waals surface area contributed by atoms with Crippen LogP contribution in [0.15, 0.2) is 41.4 Å². The number of thiophene rings is 1. The molecule has 2 saturated heterocycles. The maximum atomic E-state index is 13.1. The Morgan fingerprint density at radius 2 is 1.83 bits per heavy atom. The van der Waals surface area contributed by atoms with Gasteiger partial charge in [-0.3, -0.25) is 9.78 Å². The van der Waals surface area contributed by atoms with E-state index in [0.29, 0.717) is 12.5 Å². The van der Waals surface area contributed by atoms with Gasteiger partial charge in [-0.25, -0.2) is 0 Å². The van der Waals surface area contributed by atoms with Gasteiger partial charge in [0.15, 0.2) is 0 Å². The van der Waals surface area contributed by atoms with Gasteiger partial charge in [0, 0.05) is 36.9 Å². The lowest BCUT2D eigenvalue weighted by atomic mass is 9.92. The van der Waals surface area contributed by atoms with Crippen LogP contribution in [0.1, 0.15) is 41.6 Å². The zero-order valence-electron chi connectivity index (χ0n) is 17.4. The molecule has 2 fully saturated rings. The van der Waals surface area contributed by atoms with Crippen molar-refractivity contribution in [1.82, 2.24) is 19.7 Å². The Morgan fingerprint density at radius 1 is 1.10 bits per heavy atom. The molecule has 2 aromatic rings. The van der Waals surface area contributed by atoms with Gasteiger partial charge in [0.2, 0.25) is 0 Å². The van der Waals surface area contributed by atoms with E-state index in [1.54, 1.807) is 11.3 Å². The van der Waals surface area contributed by atoms with E-state index in [2.05, 4.69) is 21.8 Å². The average molecular weight is 413 g/mol. The summed E-state index contributed by atoms with van der Waals surface area (Å²) in [5.41, 5.74) is 1.96. The fraction of sp³-hybridized carbons (Fsp3) is 0.565. The predicted molar refractivity (Wildman–Crippen MR) is 118 cm³/mol. The standard InChI is InChI=1S/C23H32N4OS/c1-25-11-6-22(7-12-25)26-13-4-20(5-14-26)17-27(16-19-2-9-24-10-3-19)23(28)21-8-15-29-18-21/h2-3,8-10,15,18,20,22H,4-7,11-14,16-17H2,1H3. The molecule has 2 aliphatic rings. The Kier molecular flexibility index (Phi) is 6.95. The van der Waals surface area contributed by atoms with Crippen LogP contribution in [0.3, 0.4) is 0 Å². The van der Waals surface area contributed by atoms with Crippen molar-refractivity contribution < 1.29 is 4.79 Å². The maximum absolute atomic E-state index is 13.1. The number of pyridine rings is 1. The molecule has 2 aromatic heterocycles. The van der Waals surface area contributed by atoms with Crippen LogP contribution in [0, 0.1) is 5.92 Å². The zero-order valence-corrected chi connectivity index (χ0v) is 18.2. The summed E-state index contributed by atoms with van der Waals surface area (Å²) in [6.07, 6.45) is 8.59. The van der Waals surface area contributed by atoms with Gasteiger partial charge in [-0.05, 0) is 94.0 Å². The Morgan fingerprint density at radius 3 is 2.48 bits per heavy atom. The van der Waals surface area contributed by atoms with Crippen molar-refractivity contribution in [3.8, 4) is 0 Å². The van der Waals surface area contributed by atoms with E-state index >= 15 is 0 Å². The SMILES string of the molecule is CN1CCC(N2CCC(CN(Cc3ccncc3)C(=O)c3ccsc3)CC2)CC1. The average Bonchev–Trinajstić information content (AvgIpc) is 3.30. The predicted octanol–water partition coefficient (Wildman–Crippen LogP) is 3.59. The van der Waals surface area contributed by atoms with Crippen molar-refractivity contribution in [1.29, 1.82) is 0 Å². The summed E-state index contributed by atoms with van der Waals surface area (Å²) in [5.74, 6) is 0.739. The molecule has 0 saturated carbocycles. The van der Waals surface area contributed by atoms with Crippen LogP contribution in [0.5, 0.6) is 0 Å². The van der Waals surface area contributed by atoms with Gasteiger partial charge >= 0.3 is 0 Å². The number of piperidine rings is 2. The van der Waals surface area contributed by atoms with Crippen LogP contribution in [0.2, 0.25) is 0 Å². The smallest absolute Gasteiger partial charge is 0.255 e. The summed E-state index contributed by atoms with van der Waals surface area (Å²) < 4.78 is 0. The first-order chi connectivity index (χ1) is 14.2. The fourth-order valence-corrected chi connectivity index (χ4v) is 5.30. The Balaban J connectivity index is 1.36. The van der Waals surface area contributed by atoms with Gasteiger partial charge in [-0.1, -0.05) is 0 Å². The van der Waals surface area contributed by atoms with Gasteiger partial charge in [0.1, 0.15) is 0 Å². The summed E-state index contributed by atoms with van der Waals surface area (Å²) in [6, 6.07) is 6.72. The molecular formula is C23H32N4OS. The lowest BCUT2D eigenvalue weighted by molar-refractivity contribution is 0.0587. The highest BCUT2D eigenvalue weighted by molar-refractivity contribution is 7.08. The van der Waals surface area contributed by atoms with E-state index in [1.165, 1.54) is 51.9 Å². The van der Waals surface area contributed by atoms with E-state index < -0.39 is 0 Å². The van der Waals surface area contributed by atoms with E-state index in [-0.39, 0.29) is 5.91 Å². The summed E-state index contributed by atoms with van der Waals surface area (Å²) in [7, 11) is 2.23. The number of nitrogens with zero attached hydrogens (tertiary/aromatic N) is 4. The van der Waals surface area contributed by atoms with Crippen molar-refractivity contribution in [2.75, 3.05) is 39.8 Å². The van der Waals surface area contributed by atoms with E-state index in [9.17, 15) is 4.79 Å². The number of aromatic nitrogens is 1. The molecular weight excluding hydrogens is 380 g/mol. The topological polar surface area (TPSA) is 39.7 Å². The normalized spacial score (nSPS) is 20.0. The van der Waals surface area contributed by atoms with Crippen molar-refractivity contribution >= 4 is 17.2 Å². The number of amides is 1. The Bertz CT molecular complexity index is 750. The van der Waals surface area contributed by atoms with Crippen LogP contribution >= 0.6 is 11.3 Å². The first kappa shape index (κ1) is 20.5. The maximum Gasteiger partial charge on any atom is 0.255 e. The summed E-state index contributed by atoms with van der Waals surface area (Å²) >= 11 is 1.59. The molecule has 0 radical (unpaired) electrons. The molecule has 4 heterocycles. The van der Waals surface area contributed by atoms with Crippen LogP contribution in [0.25, 0.3) is 0 Å². The molecule has 0 N–H and O–H groups in total. The molecule has 0 aliphatic carbocycles. The molecule has 0 spiro atoms. The summed E-state index contributed by atoms with van der Waals surface area (Å²) in [6.45, 7) is 6.30. The van der Waals surface area contributed by atoms with Gasteiger partial charge in [-0.2, -0.15) is 11.3 Å². The van der Waals surface area contributed by atoms with Crippen molar-refractivity contribution in [2.24, 2.45) is 5.92 Å². The number of hydrogen-bond donors (Lipinski definition) is 0. The lowest BCUT2D eigenvalue weighted by Gasteiger charge is -2.42. The van der Waals surface area contributed by atoms with Crippen LogP contribution in [0.4, 0.5) is 0 Å². The zero-order chi connectivity index (χ0) is 20.1. The first-order valence-corrected chi connectivity index (χ1v) is 11.8. The minimum atomic E-state index is 0.154. The third kappa shape index (κ3) is 5.44. The van der Waals surface area contributed by atoms with Gasteiger partial charge < -0.3 is 14.7 Å². The highest BCUT2D eigenvalue weighted by atomic mass is 32.1. The number of carbonyl (C=O) groups is 1. The van der Waals surface area contributed by atoms with Gasteiger partial charge in [0.05, 0.1) is 5.56 Å². The minimum Gasteiger partial charge on any atom is -0.334 e. The third-order valence-electron chi connectivity index (χ3n) is 6.51. The molecule has 4 rings (SSSR count). The molecule has 2 aliphatic heterocycles. The number of rotatable bonds is 6. The Labute approximate surface area is 178 Å². The Hall–Kier alpha value is -1.76. The molecule has 5 nitrogen and oxygen atoms in total. The van der Waals surface area contributed by atoms with Crippen LogP contribution in [-0.2, 0) is 6.54 Å². The van der Waals surface area contributed by atoms with Gasteiger partial charge in [-0.15, -0.1) is 0 Å². The van der Waals surface area contributed by atoms with Crippen LogP contribution < -0.4 is 0 Å². The molecule has 0 aromatic carbocycles. The van der Waals surface area contributed by atoms with E-state index in [4.69, 9.17) is 0 Å². The molecule has 156 valence electrons. The van der Waals surface area contributed by atoms with Crippen molar-refractivity contribution in [3.63, 3.8) is 0 Å². The number of likely N-dealkylation sites (tertiary alicyclic amines) is 2. The number of carbonyl (C=O) groups excluding carboxylic acids is 1. The fourth-order valence-electron chi connectivity index (χ4n) is 4.67. The van der Waals surface area contributed by atoms with Gasteiger partial charge in [0.25, 0.3) is 5.91 Å². The van der Waals surface area contributed by atoms with E-state index in [1.807, 2.05) is 46.3 Å². The third-order valence-corrected chi connectivity index (χ3v) is 7.19. The van der Waals surface area contributed by atoms with Crippen LogP contribution in [-0.4, -0.2) is 71.4 Å². The monoisotopic (exact) mass is 412 g/mol.